The van der Waals surface area contributed by atoms with Crippen LogP contribution in [0.5, 0.6) is 0 Å². The maximum atomic E-state index is 4.14. The lowest BCUT2D eigenvalue weighted by molar-refractivity contribution is 0.658. The van der Waals surface area contributed by atoms with E-state index in [1.165, 1.54) is 6.42 Å². The molecule has 3 heteroatoms. The zero-order chi connectivity index (χ0) is 11.8. The van der Waals surface area contributed by atoms with Crippen LogP contribution in [-0.4, -0.2) is 26.6 Å². The first kappa shape index (κ1) is 10.6. The fourth-order valence-corrected chi connectivity index (χ4v) is 3.26. The van der Waals surface area contributed by atoms with Gasteiger partial charge in [-0.25, -0.2) is 0 Å². The van der Waals surface area contributed by atoms with Crippen molar-refractivity contribution in [3.63, 3.8) is 0 Å². The molecule has 3 rings (SSSR count). The first-order valence-electron chi connectivity index (χ1n) is 6.31. The van der Waals surface area contributed by atoms with Gasteiger partial charge in [0.15, 0.2) is 5.96 Å². The van der Waals surface area contributed by atoms with Crippen molar-refractivity contribution in [2.75, 3.05) is 20.6 Å². The molecule has 2 aliphatic rings. The smallest absolute Gasteiger partial charge is 0.190 e. The average Bonchev–Trinajstić information content (AvgIpc) is 2.91. The predicted octanol–water partition coefficient (Wildman–Crippen LogP) is 1.37. The molecule has 0 heterocycles. The van der Waals surface area contributed by atoms with E-state index in [1.807, 2.05) is 14.1 Å². The third-order valence-electron chi connectivity index (χ3n) is 4.17. The van der Waals surface area contributed by atoms with E-state index in [9.17, 15) is 0 Å². The first-order chi connectivity index (χ1) is 8.35. The topological polar surface area (TPSA) is 36.4 Å². The van der Waals surface area contributed by atoms with Crippen molar-refractivity contribution in [2.45, 2.75) is 12.3 Å². The van der Waals surface area contributed by atoms with E-state index >= 15 is 0 Å². The third kappa shape index (κ3) is 1.70. The van der Waals surface area contributed by atoms with Gasteiger partial charge < -0.3 is 10.6 Å². The molecule has 0 bridgehead atoms. The van der Waals surface area contributed by atoms with E-state index in [0.29, 0.717) is 0 Å². The molecule has 0 radical (unpaired) electrons. The molecule has 0 aromatic heterocycles. The molecule has 90 valence electrons. The number of nitrogens with zero attached hydrogens (tertiary/aromatic N) is 1. The number of fused-ring (bicyclic) bond motifs is 3. The minimum absolute atomic E-state index is 0.800. The summed E-state index contributed by atoms with van der Waals surface area (Å²) in [6.07, 6.45) is 1.27. The van der Waals surface area contributed by atoms with E-state index in [0.717, 1.165) is 30.3 Å². The molecule has 0 amide bonds. The number of hydrogen-bond acceptors (Lipinski definition) is 1. The number of guanidine groups is 1. The Morgan fingerprint density at radius 1 is 1.41 bits per heavy atom. The molecule has 3 atom stereocenters. The lowest BCUT2D eigenvalue weighted by atomic mass is 10.0. The third-order valence-corrected chi connectivity index (χ3v) is 4.17. The Labute approximate surface area is 102 Å². The fourth-order valence-electron chi connectivity index (χ4n) is 3.26. The van der Waals surface area contributed by atoms with Crippen molar-refractivity contribution in [3.8, 4) is 0 Å². The van der Waals surface area contributed by atoms with Crippen LogP contribution in [0, 0.1) is 11.8 Å². The normalized spacial score (nSPS) is 29.5. The number of rotatable bonds is 2. The van der Waals surface area contributed by atoms with Gasteiger partial charge in [-0.15, -0.1) is 0 Å². The Morgan fingerprint density at radius 2 is 2.24 bits per heavy atom. The number of aliphatic imine (C=N–C) groups is 1. The zero-order valence-electron chi connectivity index (χ0n) is 10.4. The van der Waals surface area contributed by atoms with E-state index in [1.54, 1.807) is 11.1 Å². The zero-order valence-corrected chi connectivity index (χ0v) is 10.4. The van der Waals surface area contributed by atoms with Gasteiger partial charge in [0.25, 0.3) is 0 Å². The van der Waals surface area contributed by atoms with E-state index in [2.05, 4.69) is 39.9 Å². The predicted molar refractivity (Wildman–Crippen MR) is 70.3 cm³/mol. The summed E-state index contributed by atoms with van der Waals surface area (Å²) in [6.45, 7) is 1.04. The molecule has 3 unspecified atom stereocenters. The summed E-state index contributed by atoms with van der Waals surface area (Å²) < 4.78 is 0. The largest absolute Gasteiger partial charge is 0.359 e. The highest BCUT2D eigenvalue weighted by atomic mass is 15.2. The van der Waals surface area contributed by atoms with Crippen LogP contribution in [0.25, 0.3) is 0 Å². The second kappa shape index (κ2) is 4.06. The Kier molecular flexibility index (Phi) is 2.54. The maximum Gasteiger partial charge on any atom is 0.190 e. The number of hydrogen-bond donors (Lipinski definition) is 2. The van der Waals surface area contributed by atoms with Gasteiger partial charge in [0, 0.05) is 20.6 Å². The molecule has 1 aromatic rings. The lowest BCUT2D eigenvalue weighted by Crippen LogP contribution is -2.36. The Bertz CT molecular complexity index is 453. The summed E-state index contributed by atoms with van der Waals surface area (Å²) in [5, 5.41) is 6.44. The van der Waals surface area contributed by atoms with Gasteiger partial charge in [0.2, 0.25) is 0 Å². The lowest BCUT2D eigenvalue weighted by Gasteiger charge is -2.10. The molecule has 0 spiro atoms. The van der Waals surface area contributed by atoms with Crippen LogP contribution in [0.15, 0.2) is 29.3 Å². The van der Waals surface area contributed by atoms with Crippen molar-refractivity contribution in [2.24, 2.45) is 16.8 Å². The van der Waals surface area contributed by atoms with E-state index in [-0.39, 0.29) is 0 Å². The van der Waals surface area contributed by atoms with Crippen LogP contribution in [0.4, 0.5) is 0 Å². The van der Waals surface area contributed by atoms with Gasteiger partial charge >= 0.3 is 0 Å². The monoisotopic (exact) mass is 229 g/mol. The summed E-state index contributed by atoms with van der Waals surface area (Å²) >= 11 is 0. The van der Waals surface area contributed by atoms with Gasteiger partial charge in [-0.1, -0.05) is 24.3 Å². The molecule has 0 aliphatic heterocycles. The van der Waals surface area contributed by atoms with Crippen LogP contribution in [0.2, 0.25) is 0 Å². The minimum Gasteiger partial charge on any atom is -0.359 e. The molecule has 1 aromatic carbocycles. The second-order valence-corrected chi connectivity index (χ2v) is 4.96. The molecule has 2 N–H and O–H groups in total. The molecule has 17 heavy (non-hydrogen) atoms. The second-order valence-electron chi connectivity index (χ2n) is 4.96. The summed E-state index contributed by atoms with van der Waals surface area (Å²) in [6, 6.07) is 8.89. The quantitative estimate of drug-likeness (QED) is 0.593. The van der Waals surface area contributed by atoms with Gasteiger partial charge in [-0.3, -0.25) is 4.99 Å². The SMILES string of the molecule is CN=C(NC)NCC1C2Cc3ccccc3C12. The first-order valence-corrected chi connectivity index (χ1v) is 6.31. The molecule has 1 fully saturated rings. The molecule has 1 saturated carbocycles. The highest BCUT2D eigenvalue weighted by Crippen LogP contribution is 2.60. The number of benzene rings is 1. The van der Waals surface area contributed by atoms with Crippen LogP contribution < -0.4 is 10.6 Å². The van der Waals surface area contributed by atoms with Crippen molar-refractivity contribution >= 4 is 5.96 Å². The standard InChI is InChI=1S/C14H19N3/c1-15-14(16-2)17-8-12-11-7-9-5-3-4-6-10(9)13(11)12/h3-6,11-13H,7-8H2,1-2H3,(H2,15,16,17). The summed E-state index contributed by atoms with van der Waals surface area (Å²) in [5.74, 6) is 3.36. The molecule has 3 nitrogen and oxygen atoms in total. The van der Waals surface area contributed by atoms with E-state index < -0.39 is 0 Å². The maximum absolute atomic E-state index is 4.14. The number of nitrogens with one attached hydrogen (secondary N) is 2. The highest BCUT2D eigenvalue weighted by Gasteiger charge is 2.54. The van der Waals surface area contributed by atoms with E-state index in [4.69, 9.17) is 0 Å². The average molecular weight is 229 g/mol. The van der Waals surface area contributed by atoms with Gasteiger partial charge in [-0.05, 0) is 35.3 Å². The molecular weight excluding hydrogens is 210 g/mol. The summed E-state index contributed by atoms with van der Waals surface area (Å²) in [4.78, 5) is 4.14. The Morgan fingerprint density at radius 3 is 3.00 bits per heavy atom. The summed E-state index contributed by atoms with van der Waals surface area (Å²) in [5.41, 5.74) is 3.15. The summed E-state index contributed by atoms with van der Waals surface area (Å²) in [7, 11) is 3.71. The molecule has 0 saturated heterocycles. The van der Waals surface area contributed by atoms with Crippen LogP contribution in [-0.2, 0) is 6.42 Å². The van der Waals surface area contributed by atoms with Gasteiger partial charge in [0.05, 0.1) is 0 Å². The highest BCUT2D eigenvalue weighted by molar-refractivity contribution is 5.79. The van der Waals surface area contributed by atoms with Crippen LogP contribution in [0.3, 0.4) is 0 Å². The minimum atomic E-state index is 0.800. The Balaban J connectivity index is 1.62. The van der Waals surface area contributed by atoms with Crippen molar-refractivity contribution < 1.29 is 0 Å². The Hall–Kier alpha value is -1.51. The van der Waals surface area contributed by atoms with Crippen LogP contribution >= 0.6 is 0 Å². The van der Waals surface area contributed by atoms with Crippen molar-refractivity contribution in [1.29, 1.82) is 0 Å². The van der Waals surface area contributed by atoms with Gasteiger partial charge in [0.1, 0.15) is 0 Å². The van der Waals surface area contributed by atoms with Crippen molar-refractivity contribution in [1.82, 2.24) is 10.6 Å². The fraction of sp³-hybridized carbons (Fsp3) is 0.500. The van der Waals surface area contributed by atoms with Crippen LogP contribution in [0.1, 0.15) is 17.0 Å². The van der Waals surface area contributed by atoms with Crippen molar-refractivity contribution in [3.05, 3.63) is 35.4 Å². The molecule has 2 aliphatic carbocycles. The molecular formula is C14H19N3. The van der Waals surface area contributed by atoms with Gasteiger partial charge in [-0.2, -0.15) is 0 Å².